The van der Waals surface area contributed by atoms with Gasteiger partial charge in [-0.25, -0.2) is 4.79 Å². The van der Waals surface area contributed by atoms with Gasteiger partial charge in [0.1, 0.15) is 0 Å². The molecule has 3 amide bonds. The van der Waals surface area contributed by atoms with Crippen molar-refractivity contribution in [3.8, 4) is 0 Å². The second-order valence-electron chi connectivity index (χ2n) is 4.81. The summed E-state index contributed by atoms with van der Waals surface area (Å²) in [7, 11) is 0. The van der Waals surface area contributed by atoms with E-state index in [-0.39, 0.29) is 30.1 Å². The van der Waals surface area contributed by atoms with E-state index >= 15 is 0 Å². The third-order valence-corrected chi connectivity index (χ3v) is 2.54. The van der Waals surface area contributed by atoms with Gasteiger partial charge < -0.3 is 15.5 Å². The molecule has 1 heterocycles. The number of amides is 3. The molecule has 16 heavy (non-hydrogen) atoms. The van der Waals surface area contributed by atoms with Crippen LogP contribution in [0.25, 0.3) is 0 Å². The van der Waals surface area contributed by atoms with Gasteiger partial charge in [-0.15, -0.1) is 0 Å². The van der Waals surface area contributed by atoms with E-state index in [4.69, 9.17) is 0 Å². The highest BCUT2D eigenvalue weighted by molar-refractivity contribution is 5.81. The highest BCUT2D eigenvalue weighted by Gasteiger charge is 2.31. The van der Waals surface area contributed by atoms with Gasteiger partial charge in [0.25, 0.3) is 0 Å². The van der Waals surface area contributed by atoms with E-state index in [1.54, 1.807) is 4.90 Å². The van der Waals surface area contributed by atoms with E-state index in [0.717, 1.165) is 0 Å². The van der Waals surface area contributed by atoms with Crippen molar-refractivity contribution in [2.24, 2.45) is 0 Å². The first kappa shape index (κ1) is 12.8. The molecule has 1 atom stereocenters. The molecule has 1 saturated heterocycles. The van der Waals surface area contributed by atoms with E-state index in [0.29, 0.717) is 13.0 Å². The maximum Gasteiger partial charge on any atom is 0.315 e. The smallest absolute Gasteiger partial charge is 0.315 e. The molecule has 0 aliphatic carbocycles. The standard InChI is InChI=1S/C11H21N3O2/c1-7(2)12-11(16)13-9-5-10(15)14(6-9)8(3)4/h7-9H,5-6H2,1-4H3,(H2,12,13,16)/t9-/m1/s1. The number of carbonyl (C=O) groups excluding carboxylic acids is 2. The van der Waals surface area contributed by atoms with Gasteiger partial charge in [-0.1, -0.05) is 0 Å². The first-order valence-electron chi connectivity index (χ1n) is 5.76. The number of rotatable bonds is 3. The lowest BCUT2D eigenvalue weighted by Gasteiger charge is -2.21. The second-order valence-corrected chi connectivity index (χ2v) is 4.81. The Labute approximate surface area is 96.6 Å². The van der Waals surface area contributed by atoms with Gasteiger partial charge in [-0.3, -0.25) is 4.79 Å². The lowest BCUT2D eigenvalue weighted by molar-refractivity contribution is -0.129. The molecule has 1 aliphatic rings. The summed E-state index contributed by atoms with van der Waals surface area (Å²) in [5, 5.41) is 5.56. The third kappa shape index (κ3) is 3.40. The van der Waals surface area contributed by atoms with Gasteiger partial charge in [-0.2, -0.15) is 0 Å². The van der Waals surface area contributed by atoms with Gasteiger partial charge in [-0.05, 0) is 27.7 Å². The van der Waals surface area contributed by atoms with Crippen LogP contribution in [0.3, 0.4) is 0 Å². The molecule has 92 valence electrons. The number of hydrogen-bond donors (Lipinski definition) is 2. The van der Waals surface area contributed by atoms with Crippen LogP contribution < -0.4 is 10.6 Å². The Morgan fingerprint density at radius 2 is 2.00 bits per heavy atom. The fourth-order valence-corrected chi connectivity index (χ4v) is 1.82. The van der Waals surface area contributed by atoms with Gasteiger partial charge in [0.15, 0.2) is 0 Å². The Morgan fingerprint density at radius 3 is 2.44 bits per heavy atom. The largest absolute Gasteiger partial charge is 0.338 e. The van der Waals surface area contributed by atoms with Gasteiger partial charge in [0, 0.05) is 25.0 Å². The zero-order valence-electron chi connectivity index (χ0n) is 10.4. The Hall–Kier alpha value is -1.26. The normalized spacial score (nSPS) is 20.8. The van der Waals surface area contributed by atoms with E-state index in [2.05, 4.69) is 10.6 Å². The van der Waals surface area contributed by atoms with Crippen molar-refractivity contribution in [2.45, 2.75) is 52.2 Å². The molecule has 0 bridgehead atoms. The quantitative estimate of drug-likeness (QED) is 0.745. The molecule has 5 nitrogen and oxygen atoms in total. The van der Waals surface area contributed by atoms with Crippen molar-refractivity contribution in [1.82, 2.24) is 15.5 Å². The molecule has 0 unspecified atom stereocenters. The van der Waals surface area contributed by atoms with Crippen molar-refractivity contribution >= 4 is 11.9 Å². The molecule has 5 heteroatoms. The number of urea groups is 1. The first-order valence-corrected chi connectivity index (χ1v) is 5.76. The number of likely N-dealkylation sites (tertiary alicyclic amines) is 1. The molecule has 2 N–H and O–H groups in total. The van der Waals surface area contributed by atoms with Crippen molar-refractivity contribution in [3.63, 3.8) is 0 Å². The summed E-state index contributed by atoms with van der Waals surface area (Å²) in [5.41, 5.74) is 0. The summed E-state index contributed by atoms with van der Waals surface area (Å²) in [6, 6.07) is 0.0535. The van der Waals surface area contributed by atoms with Crippen LogP contribution in [-0.4, -0.2) is 41.5 Å². The summed E-state index contributed by atoms with van der Waals surface area (Å²) < 4.78 is 0. The summed E-state index contributed by atoms with van der Waals surface area (Å²) in [4.78, 5) is 24.8. The van der Waals surface area contributed by atoms with Gasteiger partial charge >= 0.3 is 6.03 Å². The lowest BCUT2D eigenvalue weighted by atomic mass is 10.2. The third-order valence-electron chi connectivity index (χ3n) is 2.54. The van der Waals surface area contributed by atoms with Crippen LogP contribution in [0, 0.1) is 0 Å². The second kappa shape index (κ2) is 5.18. The monoisotopic (exact) mass is 227 g/mol. The van der Waals surface area contributed by atoms with Crippen LogP contribution in [0.4, 0.5) is 4.79 Å². The van der Waals surface area contributed by atoms with Gasteiger partial charge in [0.2, 0.25) is 5.91 Å². The first-order chi connectivity index (χ1) is 7.40. The summed E-state index contributed by atoms with van der Waals surface area (Å²) in [5.74, 6) is 0.116. The molecule has 1 aliphatic heterocycles. The van der Waals surface area contributed by atoms with Crippen LogP contribution in [0.15, 0.2) is 0 Å². The average molecular weight is 227 g/mol. The van der Waals surface area contributed by atoms with Gasteiger partial charge in [0.05, 0.1) is 6.04 Å². The topological polar surface area (TPSA) is 61.4 Å². The van der Waals surface area contributed by atoms with E-state index in [1.807, 2.05) is 27.7 Å². The maximum absolute atomic E-state index is 11.6. The summed E-state index contributed by atoms with van der Waals surface area (Å²) in [6.07, 6.45) is 0.406. The molecular formula is C11H21N3O2. The molecule has 0 spiro atoms. The van der Waals surface area contributed by atoms with Crippen molar-refractivity contribution in [2.75, 3.05) is 6.54 Å². The number of hydrogen-bond acceptors (Lipinski definition) is 2. The van der Waals surface area contributed by atoms with Crippen molar-refractivity contribution < 1.29 is 9.59 Å². The van der Waals surface area contributed by atoms with E-state index in [9.17, 15) is 9.59 Å². The molecule has 0 aromatic carbocycles. The molecular weight excluding hydrogens is 206 g/mol. The Balaban J connectivity index is 2.41. The average Bonchev–Trinajstić information content (AvgIpc) is 2.44. The molecule has 1 rings (SSSR count). The van der Waals surface area contributed by atoms with Crippen LogP contribution in [0.1, 0.15) is 34.1 Å². The number of nitrogens with zero attached hydrogens (tertiary/aromatic N) is 1. The molecule has 0 aromatic rings. The molecule has 0 radical (unpaired) electrons. The SMILES string of the molecule is CC(C)NC(=O)N[C@@H]1CC(=O)N(C(C)C)C1. The Bertz CT molecular complexity index is 276. The number of carbonyl (C=O) groups is 2. The fourth-order valence-electron chi connectivity index (χ4n) is 1.82. The minimum absolute atomic E-state index is 0.0614. The Morgan fingerprint density at radius 1 is 1.38 bits per heavy atom. The molecule has 0 saturated carbocycles. The van der Waals surface area contributed by atoms with Crippen molar-refractivity contribution in [1.29, 1.82) is 0 Å². The molecule has 0 aromatic heterocycles. The van der Waals surface area contributed by atoms with Crippen LogP contribution in [0.5, 0.6) is 0 Å². The van der Waals surface area contributed by atoms with Crippen LogP contribution in [0.2, 0.25) is 0 Å². The van der Waals surface area contributed by atoms with E-state index in [1.165, 1.54) is 0 Å². The Kier molecular flexibility index (Phi) is 4.15. The van der Waals surface area contributed by atoms with E-state index < -0.39 is 0 Å². The molecule has 1 fully saturated rings. The highest BCUT2D eigenvalue weighted by Crippen LogP contribution is 2.13. The van der Waals surface area contributed by atoms with Crippen LogP contribution in [-0.2, 0) is 4.79 Å². The predicted octanol–water partition coefficient (Wildman–Crippen LogP) is 0.703. The van der Waals surface area contributed by atoms with Crippen molar-refractivity contribution in [3.05, 3.63) is 0 Å². The maximum atomic E-state index is 11.6. The highest BCUT2D eigenvalue weighted by atomic mass is 16.2. The zero-order chi connectivity index (χ0) is 12.3. The lowest BCUT2D eigenvalue weighted by Crippen LogP contribution is -2.46. The summed E-state index contributed by atoms with van der Waals surface area (Å²) in [6.45, 7) is 8.38. The minimum Gasteiger partial charge on any atom is -0.338 e. The predicted molar refractivity (Wildman–Crippen MR) is 62.1 cm³/mol. The summed E-state index contributed by atoms with van der Waals surface area (Å²) >= 11 is 0. The number of nitrogens with one attached hydrogen (secondary N) is 2. The fraction of sp³-hybridized carbons (Fsp3) is 0.818. The van der Waals surface area contributed by atoms with Crippen LogP contribution >= 0.6 is 0 Å². The minimum atomic E-state index is -0.196. The zero-order valence-corrected chi connectivity index (χ0v) is 10.4.